The zero-order valence-electron chi connectivity index (χ0n) is 12.9. The van der Waals surface area contributed by atoms with Crippen LogP contribution in [0.15, 0.2) is 28.7 Å². The van der Waals surface area contributed by atoms with Gasteiger partial charge in [0.1, 0.15) is 0 Å². The van der Waals surface area contributed by atoms with Gasteiger partial charge >= 0.3 is 0 Å². The number of ether oxygens (including phenoxy) is 1. The molecule has 0 aliphatic carbocycles. The first-order valence-corrected chi connectivity index (χ1v) is 8.16. The summed E-state index contributed by atoms with van der Waals surface area (Å²) in [6.45, 7) is 2.84. The molecule has 2 aromatic rings. The predicted molar refractivity (Wildman–Crippen MR) is 87.6 cm³/mol. The fourth-order valence-corrected chi connectivity index (χ4v) is 2.87. The summed E-state index contributed by atoms with van der Waals surface area (Å²) in [6.07, 6.45) is 3.03. The van der Waals surface area contributed by atoms with E-state index in [1.807, 2.05) is 0 Å². The molecule has 1 aliphatic rings. The highest BCUT2D eigenvalue weighted by Crippen LogP contribution is 2.19. The van der Waals surface area contributed by atoms with Gasteiger partial charge in [0.2, 0.25) is 5.89 Å². The van der Waals surface area contributed by atoms with E-state index >= 15 is 0 Å². The molecule has 0 spiro atoms. The van der Waals surface area contributed by atoms with Crippen molar-refractivity contribution >= 4 is 18.1 Å². The van der Waals surface area contributed by atoms with Crippen LogP contribution in [-0.4, -0.2) is 34.9 Å². The number of benzene rings is 1. The van der Waals surface area contributed by atoms with E-state index in [9.17, 15) is 4.79 Å². The minimum Gasteiger partial charge on any atom is -0.409 e. The van der Waals surface area contributed by atoms with E-state index in [1.165, 1.54) is 0 Å². The second-order valence-corrected chi connectivity index (χ2v) is 5.91. The average molecular weight is 333 g/mol. The maximum atomic E-state index is 12.4. The molecule has 23 heavy (non-hydrogen) atoms. The van der Waals surface area contributed by atoms with E-state index in [-0.39, 0.29) is 22.9 Å². The molecule has 2 N–H and O–H groups in total. The normalized spacial score (nSPS) is 18.7. The van der Waals surface area contributed by atoms with Crippen molar-refractivity contribution in [1.82, 2.24) is 15.5 Å². The monoisotopic (exact) mass is 333 g/mol. The van der Waals surface area contributed by atoms with Crippen molar-refractivity contribution in [3.8, 4) is 11.5 Å². The van der Waals surface area contributed by atoms with E-state index in [2.05, 4.69) is 22.4 Å². The molecule has 0 bridgehead atoms. The van der Waals surface area contributed by atoms with Gasteiger partial charge in [-0.2, -0.15) is 0 Å². The number of rotatable bonds is 5. The van der Waals surface area contributed by atoms with Gasteiger partial charge < -0.3 is 14.5 Å². The minimum atomic E-state index is -0.0955. The highest BCUT2D eigenvalue weighted by molar-refractivity contribution is 7.71. The maximum Gasteiger partial charge on any atom is 0.284 e. The quantitative estimate of drug-likeness (QED) is 0.822. The number of hydrogen-bond acceptors (Lipinski definition) is 5. The fourth-order valence-electron chi connectivity index (χ4n) is 2.75. The summed E-state index contributed by atoms with van der Waals surface area (Å²) >= 11 is 4.85. The molecule has 0 saturated carbocycles. The molecule has 1 fully saturated rings. The molecular weight excluding hydrogens is 314 g/mol. The van der Waals surface area contributed by atoms with Gasteiger partial charge in [0.15, 0.2) is 0 Å². The Hall–Kier alpha value is -1.99. The molecule has 1 aromatic heterocycles. The Kier molecular flexibility index (Phi) is 4.88. The van der Waals surface area contributed by atoms with Gasteiger partial charge in [-0.05, 0) is 55.7 Å². The first-order chi connectivity index (χ1) is 11.2. The lowest BCUT2D eigenvalue weighted by molar-refractivity contribution is 0.0665. The topological polar surface area (TPSA) is 80.2 Å². The molecule has 0 radical (unpaired) electrons. The number of carbonyl (C=O) groups excluding carboxylic acids is 1. The van der Waals surface area contributed by atoms with Crippen molar-refractivity contribution in [1.29, 1.82) is 0 Å². The maximum absolute atomic E-state index is 12.4. The summed E-state index contributed by atoms with van der Waals surface area (Å²) in [5.74, 6) is 0.314. The first kappa shape index (κ1) is 15.9. The summed E-state index contributed by atoms with van der Waals surface area (Å²) in [6, 6.07) is 7.13. The summed E-state index contributed by atoms with van der Waals surface area (Å²) in [7, 11) is 0. The molecule has 122 valence electrons. The standard InChI is InChI=1S/C16H19N3O3S/c1-2-12(13-4-3-9-21-13)17-14(20)10-5-7-11(8-6-10)15-18-19-16(23)22-15/h5-8,12-13H,2-4,9H2,1H3,(H,17,20)(H,19,23)/t12-,13-/m1/s1. The van der Waals surface area contributed by atoms with E-state index in [4.69, 9.17) is 21.4 Å². The fraction of sp³-hybridized carbons (Fsp3) is 0.438. The van der Waals surface area contributed by atoms with Crippen LogP contribution in [0.3, 0.4) is 0 Å². The molecule has 2 atom stereocenters. The van der Waals surface area contributed by atoms with Gasteiger partial charge in [-0.3, -0.25) is 4.79 Å². The third kappa shape index (κ3) is 3.68. The van der Waals surface area contributed by atoms with Gasteiger partial charge in [-0.1, -0.05) is 6.92 Å². The third-order valence-electron chi connectivity index (χ3n) is 4.00. The first-order valence-electron chi connectivity index (χ1n) is 7.76. The van der Waals surface area contributed by atoms with Crippen LogP contribution in [0.2, 0.25) is 0 Å². The van der Waals surface area contributed by atoms with Crippen LogP contribution in [0.25, 0.3) is 11.5 Å². The lowest BCUT2D eigenvalue weighted by Crippen LogP contribution is -2.42. The smallest absolute Gasteiger partial charge is 0.284 e. The second kappa shape index (κ2) is 7.06. The predicted octanol–water partition coefficient (Wildman–Crippen LogP) is 3.09. The number of amides is 1. The zero-order valence-corrected chi connectivity index (χ0v) is 13.7. The molecule has 7 heteroatoms. The minimum absolute atomic E-state index is 0.0498. The van der Waals surface area contributed by atoms with Crippen LogP contribution in [0, 0.1) is 4.84 Å². The average Bonchev–Trinajstić information content (AvgIpc) is 3.24. The van der Waals surface area contributed by atoms with Gasteiger partial charge in [0.05, 0.1) is 12.1 Å². The van der Waals surface area contributed by atoms with Crippen LogP contribution in [0.4, 0.5) is 0 Å². The molecular formula is C16H19N3O3S. The van der Waals surface area contributed by atoms with Gasteiger partial charge in [0, 0.05) is 17.7 Å². The zero-order chi connectivity index (χ0) is 16.2. The molecule has 1 amide bonds. The Morgan fingerprint density at radius 3 is 2.83 bits per heavy atom. The highest BCUT2D eigenvalue weighted by Gasteiger charge is 2.26. The van der Waals surface area contributed by atoms with E-state index in [0.29, 0.717) is 11.5 Å². The Balaban J connectivity index is 1.68. The Morgan fingerprint density at radius 1 is 1.48 bits per heavy atom. The van der Waals surface area contributed by atoms with Crippen LogP contribution >= 0.6 is 12.2 Å². The van der Waals surface area contributed by atoms with Crippen molar-refractivity contribution in [3.05, 3.63) is 34.7 Å². The highest BCUT2D eigenvalue weighted by atomic mass is 32.1. The molecule has 1 aliphatic heterocycles. The lowest BCUT2D eigenvalue weighted by atomic mass is 10.0. The number of aromatic amines is 1. The lowest BCUT2D eigenvalue weighted by Gasteiger charge is -2.22. The van der Waals surface area contributed by atoms with Crippen LogP contribution in [-0.2, 0) is 4.74 Å². The number of aromatic nitrogens is 2. The van der Waals surface area contributed by atoms with E-state index < -0.39 is 0 Å². The van der Waals surface area contributed by atoms with Gasteiger partial charge in [-0.25, -0.2) is 5.10 Å². The molecule has 3 rings (SSSR count). The Bertz CT molecular complexity index is 717. The molecule has 6 nitrogen and oxygen atoms in total. The van der Waals surface area contributed by atoms with E-state index in [1.54, 1.807) is 24.3 Å². The van der Waals surface area contributed by atoms with Crippen molar-refractivity contribution in [3.63, 3.8) is 0 Å². The van der Waals surface area contributed by atoms with Crippen molar-refractivity contribution in [2.24, 2.45) is 0 Å². The van der Waals surface area contributed by atoms with Gasteiger partial charge in [-0.15, -0.1) is 5.10 Å². The Morgan fingerprint density at radius 2 is 2.26 bits per heavy atom. The number of hydrogen-bond donors (Lipinski definition) is 2. The van der Waals surface area contributed by atoms with Crippen LogP contribution in [0.1, 0.15) is 36.5 Å². The van der Waals surface area contributed by atoms with Crippen molar-refractivity contribution in [2.75, 3.05) is 6.61 Å². The molecule has 2 heterocycles. The third-order valence-corrected chi connectivity index (χ3v) is 4.18. The summed E-state index contributed by atoms with van der Waals surface area (Å²) in [4.78, 5) is 12.6. The molecule has 0 unspecified atom stereocenters. The number of nitrogens with one attached hydrogen (secondary N) is 2. The molecule has 1 aromatic carbocycles. The SMILES string of the molecule is CC[C@@H](NC(=O)c1ccc(-c2n[nH]c(=S)o2)cc1)[C@H]1CCCO1. The number of carbonyl (C=O) groups is 1. The largest absolute Gasteiger partial charge is 0.409 e. The molecule has 1 saturated heterocycles. The Labute approximate surface area is 139 Å². The van der Waals surface area contributed by atoms with Crippen molar-refractivity contribution < 1.29 is 13.9 Å². The van der Waals surface area contributed by atoms with Gasteiger partial charge in [0.25, 0.3) is 10.7 Å². The van der Waals surface area contributed by atoms with Crippen LogP contribution in [0.5, 0.6) is 0 Å². The summed E-state index contributed by atoms with van der Waals surface area (Å²) < 4.78 is 10.9. The van der Waals surface area contributed by atoms with Crippen LogP contribution < -0.4 is 5.32 Å². The number of nitrogens with zero attached hydrogens (tertiary/aromatic N) is 1. The summed E-state index contributed by atoms with van der Waals surface area (Å²) in [5, 5.41) is 9.60. The second-order valence-electron chi connectivity index (χ2n) is 5.54. The summed E-state index contributed by atoms with van der Waals surface area (Å²) in [5.41, 5.74) is 1.36. The van der Waals surface area contributed by atoms with E-state index in [0.717, 1.165) is 31.4 Å². The number of H-pyrrole nitrogens is 1. The van der Waals surface area contributed by atoms with Crippen molar-refractivity contribution in [2.45, 2.75) is 38.3 Å².